The first-order valence-electron chi connectivity index (χ1n) is 9.16. The van der Waals surface area contributed by atoms with E-state index in [0.717, 1.165) is 40.3 Å². The van der Waals surface area contributed by atoms with Crippen LogP contribution in [-0.2, 0) is 13.0 Å². The molecule has 6 heteroatoms. The van der Waals surface area contributed by atoms with Crippen molar-refractivity contribution < 1.29 is 9.84 Å². The fraction of sp³-hybridized carbons (Fsp3) is 0.182. The molecule has 0 spiro atoms. The highest BCUT2D eigenvalue weighted by molar-refractivity contribution is 7.10. The van der Waals surface area contributed by atoms with Crippen LogP contribution < -0.4 is 9.61 Å². The van der Waals surface area contributed by atoms with Gasteiger partial charge in [-0.2, -0.15) is 0 Å². The number of para-hydroxylation sites is 2. The molecule has 0 aliphatic carbocycles. The van der Waals surface area contributed by atoms with Crippen molar-refractivity contribution in [3.8, 4) is 11.6 Å². The Morgan fingerprint density at radius 3 is 2.79 bits per heavy atom. The molecule has 0 saturated heterocycles. The number of allylic oxidation sites excluding steroid dienone is 1. The highest BCUT2D eigenvalue weighted by Gasteiger charge is 2.18. The van der Waals surface area contributed by atoms with Gasteiger partial charge in [-0.25, -0.2) is 0 Å². The maximum absolute atomic E-state index is 12.3. The highest BCUT2D eigenvalue weighted by Crippen LogP contribution is 2.37. The van der Waals surface area contributed by atoms with Gasteiger partial charge < -0.3 is 9.84 Å². The molecule has 2 aromatic carbocycles. The summed E-state index contributed by atoms with van der Waals surface area (Å²) < 4.78 is 6.97. The summed E-state index contributed by atoms with van der Waals surface area (Å²) in [7, 11) is 0. The van der Waals surface area contributed by atoms with Gasteiger partial charge in [0, 0.05) is 17.4 Å². The van der Waals surface area contributed by atoms with Gasteiger partial charge in [-0.1, -0.05) is 54.7 Å². The predicted molar refractivity (Wildman–Crippen MR) is 114 cm³/mol. The topological polar surface area (TPSA) is 63.8 Å². The van der Waals surface area contributed by atoms with Crippen molar-refractivity contribution in [3.63, 3.8) is 0 Å². The number of hydrogen-bond acceptors (Lipinski definition) is 5. The summed E-state index contributed by atoms with van der Waals surface area (Å²) in [5, 5.41) is 10.5. The first-order valence-corrected chi connectivity index (χ1v) is 9.97. The zero-order chi connectivity index (χ0) is 19.5. The van der Waals surface area contributed by atoms with Crippen LogP contribution in [0.4, 0.5) is 5.69 Å². The normalized spacial score (nSPS) is 13.8. The molecule has 1 aliphatic heterocycles. The maximum Gasteiger partial charge on any atom is 0.310 e. The third-order valence-electron chi connectivity index (χ3n) is 4.65. The Hall–Kier alpha value is -3.12. The smallest absolute Gasteiger partial charge is 0.310 e. The summed E-state index contributed by atoms with van der Waals surface area (Å²) in [6.45, 7) is 2.68. The summed E-state index contributed by atoms with van der Waals surface area (Å²) in [6, 6.07) is 15.5. The molecule has 4 rings (SSSR count). The molecule has 3 aromatic rings. The zero-order valence-electron chi connectivity index (χ0n) is 15.5. The van der Waals surface area contributed by atoms with Gasteiger partial charge in [0.2, 0.25) is 5.88 Å². The minimum atomic E-state index is -0.210. The van der Waals surface area contributed by atoms with Gasteiger partial charge >= 0.3 is 4.87 Å². The average Bonchev–Trinajstić information content (AvgIpc) is 3.25. The Morgan fingerprint density at radius 2 is 2.00 bits per heavy atom. The molecule has 0 fully saturated rings. The molecular formula is C22H20N2O3S. The second-order valence-electron chi connectivity index (χ2n) is 6.39. The molecular weight excluding hydrogens is 372 g/mol. The van der Waals surface area contributed by atoms with Gasteiger partial charge in [0.05, 0.1) is 17.1 Å². The van der Waals surface area contributed by atoms with Crippen LogP contribution in [0.1, 0.15) is 22.9 Å². The van der Waals surface area contributed by atoms with Crippen LogP contribution in [0.2, 0.25) is 0 Å². The molecule has 2 heterocycles. The summed E-state index contributed by atoms with van der Waals surface area (Å²) in [4.78, 5) is 17.2. The Balaban J connectivity index is 1.55. The van der Waals surface area contributed by atoms with Crippen molar-refractivity contribution in [2.24, 2.45) is 4.99 Å². The SMILES string of the molecule is CCc1cccc2c1N=C/C2=C\c1sc(=O)n(CCOc2ccccc2)c1O. The Kier molecular flexibility index (Phi) is 5.12. The fourth-order valence-electron chi connectivity index (χ4n) is 3.20. The van der Waals surface area contributed by atoms with Gasteiger partial charge in [0.1, 0.15) is 12.4 Å². The quantitative estimate of drug-likeness (QED) is 0.671. The van der Waals surface area contributed by atoms with E-state index in [9.17, 15) is 9.90 Å². The molecule has 28 heavy (non-hydrogen) atoms. The molecule has 5 nitrogen and oxygen atoms in total. The van der Waals surface area contributed by atoms with Crippen LogP contribution in [0.3, 0.4) is 0 Å². The van der Waals surface area contributed by atoms with Crippen molar-refractivity contribution in [3.05, 3.63) is 74.2 Å². The minimum Gasteiger partial charge on any atom is -0.493 e. The average molecular weight is 392 g/mol. The van der Waals surface area contributed by atoms with Crippen molar-refractivity contribution in [1.82, 2.24) is 4.57 Å². The number of aromatic hydroxyl groups is 1. The molecule has 0 saturated carbocycles. The fourth-order valence-corrected chi connectivity index (χ4v) is 4.06. The van der Waals surface area contributed by atoms with E-state index < -0.39 is 0 Å². The zero-order valence-corrected chi connectivity index (χ0v) is 16.3. The third kappa shape index (κ3) is 3.51. The summed E-state index contributed by atoms with van der Waals surface area (Å²) in [5.74, 6) is 0.700. The number of rotatable bonds is 6. The second kappa shape index (κ2) is 7.86. The number of hydrogen-bond donors (Lipinski definition) is 1. The number of ether oxygens (including phenoxy) is 1. The van der Waals surface area contributed by atoms with E-state index in [1.807, 2.05) is 48.5 Å². The molecule has 1 N–H and O–H groups in total. The number of aromatic nitrogens is 1. The molecule has 1 aliphatic rings. The van der Waals surface area contributed by atoms with E-state index in [4.69, 9.17) is 4.74 Å². The lowest BCUT2D eigenvalue weighted by atomic mass is 10.0. The number of aryl methyl sites for hydroxylation is 1. The number of nitrogens with zero attached hydrogens (tertiary/aromatic N) is 2. The third-order valence-corrected chi connectivity index (χ3v) is 5.57. The highest BCUT2D eigenvalue weighted by atomic mass is 32.1. The lowest BCUT2D eigenvalue weighted by Crippen LogP contribution is -2.17. The van der Waals surface area contributed by atoms with E-state index in [2.05, 4.69) is 18.0 Å². The summed E-state index contributed by atoms with van der Waals surface area (Å²) in [6.07, 6.45) is 4.52. The minimum absolute atomic E-state index is 0.0346. The first kappa shape index (κ1) is 18.3. The van der Waals surface area contributed by atoms with Crippen molar-refractivity contribution in [2.75, 3.05) is 6.61 Å². The van der Waals surface area contributed by atoms with Crippen molar-refractivity contribution in [2.45, 2.75) is 19.9 Å². The van der Waals surface area contributed by atoms with E-state index >= 15 is 0 Å². The standard InChI is InChI=1S/C22H20N2O3S/c1-2-15-7-6-10-18-16(14-23-20(15)18)13-19-21(25)24(22(26)28-19)11-12-27-17-8-4-3-5-9-17/h3-10,13-14,25H,2,11-12H2,1H3/b16-13+. The van der Waals surface area contributed by atoms with Crippen LogP contribution in [-0.4, -0.2) is 22.5 Å². The number of fused-ring (bicyclic) bond motifs is 1. The number of thiazole rings is 1. The first-order chi connectivity index (χ1) is 13.7. The van der Waals surface area contributed by atoms with Crippen molar-refractivity contribution in [1.29, 1.82) is 0 Å². The van der Waals surface area contributed by atoms with E-state index in [1.165, 1.54) is 10.1 Å². The number of benzene rings is 2. The predicted octanol–water partition coefficient (Wildman–Crippen LogP) is 4.51. The molecule has 0 atom stereocenters. The molecule has 1 aromatic heterocycles. The second-order valence-corrected chi connectivity index (χ2v) is 7.39. The largest absolute Gasteiger partial charge is 0.493 e. The molecule has 0 bridgehead atoms. The molecule has 142 valence electrons. The molecule has 0 unspecified atom stereocenters. The van der Waals surface area contributed by atoms with Crippen LogP contribution in [0.15, 0.2) is 58.3 Å². The Bertz CT molecular complexity index is 1110. The van der Waals surface area contributed by atoms with Gasteiger partial charge in [0.15, 0.2) is 0 Å². The van der Waals surface area contributed by atoms with Gasteiger partial charge in [-0.15, -0.1) is 0 Å². The monoisotopic (exact) mass is 392 g/mol. The van der Waals surface area contributed by atoms with Gasteiger partial charge in [-0.3, -0.25) is 14.4 Å². The van der Waals surface area contributed by atoms with Crippen LogP contribution in [0.5, 0.6) is 11.6 Å². The number of aliphatic imine (C=N–C) groups is 1. The summed E-state index contributed by atoms with van der Waals surface area (Å²) >= 11 is 1.02. The van der Waals surface area contributed by atoms with Crippen molar-refractivity contribution >= 4 is 34.9 Å². The Morgan fingerprint density at radius 1 is 1.18 bits per heavy atom. The molecule has 0 radical (unpaired) electrons. The molecule has 0 amide bonds. The lowest BCUT2D eigenvalue weighted by molar-refractivity contribution is 0.286. The lowest BCUT2D eigenvalue weighted by Gasteiger charge is -2.07. The van der Waals surface area contributed by atoms with Crippen LogP contribution in [0.25, 0.3) is 11.6 Å². The van der Waals surface area contributed by atoms with E-state index in [0.29, 0.717) is 11.5 Å². The van der Waals surface area contributed by atoms with E-state index in [1.54, 1.807) is 6.21 Å². The maximum atomic E-state index is 12.3. The van der Waals surface area contributed by atoms with Crippen LogP contribution >= 0.6 is 11.3 Å². The van der Waals surface area contributed by atoms with E-state index in [-0.39, 0.29) is 17.3 Å². The van der Waals surface area contributed by atoms with Gasteiger partial charge in [0.25, 0.3) is 0 Å². The summed E-state index contributed by atoms with van der Waals surface area (Å²) in [5.41, 5.74) is 4.08. The Labute approximate surface area is 166 Å². The van der Waals surface area contributed by atoms with Gasteiger partial charge in [-0.05, 0) is 30.2 Å². The van der Waals surface area contributed by atoms with Crippen LogP contribution in [0, 0.1) is 0 Å².